The Morgan fingerprint density at radius 2 is 2.56 bits per heavy atom. The Morgan fingerprint density at radius 3 is 3.22 bits per heavy atom. The molecule has 1 saturated heterocycles. The van der Waals surface area contributed by atoms with E-state index in [2.05, 4.69) is 31.5 Å². The van der Waals surface area contributed by atoms with E-state index >= 15 is 0 Å². The molecule has 1 aromatic rings. The summed E-state index contributed by atoms with van der Waals surface area (Å²) in [7, 11) is 0. The molecule has 1 fully saturated rings. The summed E-state index contributed by atoms with van der Waals surface area (Å²) >= 11 is 5.24. The molecule has 0 saturated carbocycles. The van der Waals surface area contributed by atoms with E-state index in [1.165, 1.54) is 4.88 Å². The second kappa shape index (κ2) is 6.65. The van der Waals surface area contributed by atoms with Crippen LogP contribution in [0, 0.1) is 0 Å². The Bertz CT molecular complexity index is 411. The monoisotopic (exact) mass is 332 g/mol. The van der Waals surface area contributed by atoms with Gasteiger partial charge in [0.05, 0.1) is 13.2 Å². The molecule has 6 heteroatoms. The third kappa shape index (κ3) is 3.32. The van der Waals surface area contributed by atoms with Crippen LogP contribution < -0.4 is 5.32 Å². The van der Waals surface area contributed by atoms with Gasteiger partial charge in [0, 0.05) is 29.0 Å². The maximum Gasteiger partial charge on any atom is 0.239 e. The molecular formula is C12H17BrN2O2S. The van der Waals surface area contributed by atoms with Gasteiger partial charge in [-0.3, -0.25) is 9.69 Å². The number of thiophene rings is 1. The van der Waals surface area contributed by atoms with Crippen molar-refractivity contribution in [1.82, 2.24) is 10.2 Å². The predicted octanol–water partition coefficient (Wildman–Crippen LogP) is 1.85. The lowest BCUT2D eigenvalue weighted by molar-refractivity contribution is -0.132. The number of ether oxygens (including phenoxy) is 1. The molecule has 0 radical (unpaired) electrons. The summed E-state index contributed by atoms with van der Waals surface area (Å²) in [6.07, 6.45) is 0. The number of halogens is 1. The van der Waals surface area contributed by atoms with Crippen molar-refractivity contribution in [2.24, 2.45) is 0 Å². The van der Waals surface area contributed by atoms with E-state index in [1.807, 2.05) is 13.0 Å². The van der Waals surface area contributed by atoms with Crippen LogP contribution in [0.5, 0.6) is 0 Å². The van der Waals surface area contributed by atoms with E-state index in [9.17, 15) is 4.79 Å². The van der Waals surface area contributed by atoms with Gasteiger partial charge >= 0.3 is 0 Å². The number of amides is 1. The van der Waals surface area contributed by atoms with Crippen LogP contribution in [-0.2, 0) is 16.1 Å². The third-order valence-corrected chi connectivity index (χ3v) is 4.84. The van der Waals surface area contributed by atoms with Crippen LogP contribution >= 0.6 is 27.3 Å². The fourth-order valence-electron chi connectivity index (χ4n) is 1.98. The largest absolute Gasteiger partial charge is 0.378 e. The van der Waals surface area contributed by atoms with Gasteiger partial charge in [0.2, 0.25) is 5.91 Å². The minimum absolute atomic E-state index is 0.0601. The SMILES string of the molecule is CCNC(=O)C1COCCN1Cc1sccc1Br. The quantitative estimate of drug-likeness (QED) is 0.914. The smallest absolute Gasteiger partial charge is 0.239 e. The van der Waals surface area contributed by atoms with Gasteiger partial charge < -0.3 is 10.1 Å². The molecule has 0 aliphatic carbocycles. The first-order valence-electron chi connectivity index (χ1n) is 6.03. The van der Waals surface area contributed by atoms with Crippen LogP contribution in [0.2, 0.25) is 0 Å². The minimum atomic E-state index is -0.173. The van der Waals surface area contributed by atoms with Crippen molar-refractivity contribution < 1.29 is 9.53 Å². The Kier molecular flexibility index (Phi) is 5.17. The summed E-state index contributed by atoms with van der Waals surface area (Å²) in [4.78, 5) is 15.4. The number of hydrogen-bond donors (Lipinski definition) is 1. The molecule has 1 N–H and O–H groups in total. The molecule has 0 spiro atoms. The maximum atomic E-state index is 12.0. The van der Waals surface area contributed by atoms with Crippen molar-refractivity contribution in [2.75, 3.05) is 26.3 Å². The molecular weight excluding hydrogens is 316 g/mol. The van der Waals surface area contributed by atoms with Gasteiger partial charge in [-0.05, 0) is 34.3 Å². The van der Waals surface area contributed by atoms with Crippen molar-refractivity contribution in [3.05, 3.63) is 20.8 Å². The van der Waals surface area contributed by atoms with Gasteiger partial charge in [-0.1, -0.05) is 0 Å². The summed E-state index contributed by atoms with van der Waals surface area (Å²) < 4.78 is 6.54. The van der Waals surface area contributed by atoms with Crippen LogP contribution in [0.4, 0.5) is 0 Å². The number of nitrogens with zero attached hydrogens (tertiary/aromatic N) is 1. The summed E-state index contributed by atoms with van der Waals surface area (Å²) in [5, 5.41) is 4.93. The zero-order chi connectivity index (χ0) is 13.0. The van der Waals surface area contributed by atoms with Crippen LogP contribution in [0.15, 0.2) is 15.9 Å². The molecule has 18 heavy (non-hydrogen) atoms. The predicted molar refractivity (Wildman–Crippen MR) is 75.7 cm³/mol. The number of carbonyl (C=O) groups is 1. The van der Waals surface area contributed by atoms with Crippen molar-refractivity contribution in [2.45, 2.75) is 19.5 Å². The number of rotatable bonds is 4. The Labute approximate surface area is 119 Å². The Balaban J connectivity index is 2.04. The lowest BCUT2D eigenvalue weighted by Crippen LogP contribution is -2.53. The van der Waals surface area contributed by atoms with Crippen molar-refractivity contribution in [3.8, 4) is 0 Å². The van der Waals surface area contributed by atoms with E-state index in [0.717, 1.165) is 17.6 Å². The molecule has 1 amide bonds. The number of morpholine rings is 1. The molecule has 0 bridgehead atoms. The summed E-state index contributed by atoms with van der Waals surface area (Å²) in [6.45, 7) is 5.36. The van der Waals surface area contributed by atoms with Crippen LogP contribution in [0.25, 0.3) is 0 Å². The minimum Gasteiger partial charge on any atom is -0.378 e. The zero-order valence-corrected chi connectivity index (χ0v) is 12.7. The molecule has 4 nitrogen and oxygen atoms in total. The number of hydrogen-bond acceptors (Lipinski definition) is 4. The number of nitrogens with one attached hydrogen (secondary N) is 1. The summed E-state index contributed by atoms with van der Waals surface area (Å²) in [6, 6.07) is 1.87. The normalized spacial score (nSPS) is 20.9. The molecule has 2 heterocycles. The highest BCUT2D eigenvalue weighted by Crippen LogP contribution is 2.25. The summed E-state index contributed by atoms with van der Waals surface area (Å²) in [5.41, 5.74) is 0. The zero-order valence-electron chi connectivity index (χ0n) is 10.3. The van der Waals surface area contributed by atoms with Crippen molar-refractivity contribution >= 4 is 33.2 Å². The van der Waals surface area contributed by atoms with Gasteiger partial charge in [0.15, 0.2) is 0 Å². The van der Waals surface area contributed by atoms with E-state index in [-0.39, 0.29) is 11.9 Å². The van der Waals surface area contributed by atoms with Crippen LogP contribution in [-0.4, -0.2) is 43.2 Å². The van der Waals surface area contributed by atoms with Crippen molar-refractivity contribution in [1.29, 1.82) is 0 Å². The van der Waals surface area contributed by atoms with Gasteiger partial charge in [-0.25, -0.2) is 0 Å². The second-order valence-corrected chi connectivity index (χ2v) is 6.00. The standard InChI is InChI=1S/C12H17BrN2O2S/c1-2-14-12(16)10-8-17-5-4-15(10)7-11-9(13)3-6-18-11/h3,6,10H,2,4-5,7-8H2,1H3,(H,14,16). The Hall–Kier alpha value is -0.430. The van der Waals surface area contributed by atoms with E-state index < -0.39 is 0 Å². The highest BCUT2D eigenvalue weighted by molar-refractivity contribution is 9.10. The third-order valence-electron chi connectivity index (χ3n) is 2.93. The lowest BCUT2D eigenvalue weighted by atomic mass is 10.2. The van der Waals surface area contributed by atoms with Crippen molar-refractivity contribution in [3.63, 3.8) is 0 Å². The molecule has 1 aromatic heterocycles. The first-order valence-corrected chi connectivity index (χ1v) is 7.71. The van der Waals surface area contributed by atoms with Gasteiger partial charge in [-0.15, -0.1) is 11.3 Å². The fraction of sp³-hybridized carbons (Fsp3) is 0.583. The molecule has 1 unspecified atom stereocenters. The van der Waals surface area contributed by atoms with Gasteiger partial charge in [0.25, 0.3) is 0 Å². The lowest BCUT2D eigenvalue weighted by Gasteiger charge is -2.34. The molecule has 100 valence electrons. The highest BCUT2D eigenvalue weighted by Gasteiger charge is 2.29. The molecule has 1 aliphatic heterocycles. The number of likely N-dealkylation sites (N-methyl/N-ethyl adjacent to an activating group) is 1. The molecule has 1 atom stereocenters. The average molecular weight is 333 g/mol. The summed E-state index contributed by atoms with van der Waals surface area (Å²) in [5.74, 6) is 0.0601. The molecule has 0 aromatic carbocycles. The Morgan fingerprint density at radius 1 is 1.72 bits per heavy atom. The second-order valence-electron chi connectivity index (χ2n) is 4.15. The van der Waals surface area contributed by atoms with Crippen LogP contribution in [0.3, 0.4) is 0 Å². The first kappa shape index (κ1) is 14.0. The van der Waals surface area contributed by atoms with Gasteiger partial charge in [0.1, 0.15) is 6.04 Å². The maximum absolute atomic E-state index is 12.0. The van der Waals surface area contributed by atoms with E-state index in [1.54, 1.807) is 11.3 Å². The first-order chi connectivity index (χ1) is 8.72. The van der Waals surface area contributed by atoms with E-state index in [4.69, 9.17) is 4.74 Å². The fourth-order valence-corrected chi connectivity index (χ4v) is 3.49. The molecule has 2 rings (SSSR count). The molecule has 1 aliphatic rings. The van der Waals surface area contributed by atoms with Gasteiger partial charge in [-0.2, -0.15) is 0 Å². The van der Waals surface area contributed by atoms with Crippen LogP contribution in [0.1, 0.15) is 11.8 Å². The number of carbonyl (C=O) groups excluding carboxylic acids is 1. The topological polar surface area (TPSA) is 41.6 Å². The van der Waals surface area contributed by atoms with E-state index in [0.29, 0.717) is 19.8 Å². The average Bonchev–Trinajstić information content (AvgIpc) is 2.76. The highest BCUT2D eigenvalue weighted by atomic mass is 79.9.